The SMILES string of the molecule is CC[C@@H](C(=O)NC)N(Cc1ccc(F)cc1)C(=O)CCc1cccc2ccccc12. The Morgan fingerprint density at radius 3 is 2.40 bits per heavy atom. The molecule has 0 spiro atoms. The van der Waals surface area contributed by atoms with Crippen molar-refractivity contribution in [3.05, 3.63) is 83.7 Å². The van der Waals surface area contributed by atoms with Crippen LogP contribution in [0.1, 0.15) is 30.9 Å². The number of aryl methyl sites for hydroxylation is 1. The van der Waals surface area contributed by atoms with Crippen molar-refractivity contribution in [3.63, 3.8) is 0 Å². The standard InChI is InChI=1S/C25H27FN2O2/c1-3-23(25(30)27-2)28(17-18-11-14-21(26)15-12-18)24(29)16-13-20-9-6-8-19-7-4-5-10-22(19)20/h4-12,14-15,23H,3,13,16-17H2,1-2H3,(H,27,30)/t23-/m0/s1. The normalized spacial score (nSPS) is 11.8. The molecule has 0 aromatic heterocycles. The van der Waals surface area contributed by atoms with Crippen LogP contribution in [0.4, 0.5) is 4.39 Å². The number of halogens is 1. The van der Waals surface area contributed by atoms with E-state index in [2.05, 4.69) is 23.5 Å². The maximum absolute atomic E-state index is 13.3. The quantitative estimate of drug-likeness (QED) is 0.600. The van der Waals surface area contributed by atoms with Crippen molar-refractivity contribution in [3.8, 4) is 0 Å². The summed E-state index contributed by atoms with van der Waals surface area (Å²) >= 11 is 0. The Morgan fingerprint density at radius 1 is 1.00 bits per heavy atom. The number of likely N-dealkylation sites (N-methyl/N-ethyl adjacent to an activating group) is 1. The van der Waals surface area contributed by atoms with Gasteiger partial charge in [0.15, 0.2) is 0 Å². The number of hydrogen-bond acceptors (Lipinski definition) is 2. The molecule has 0 bridgehead atoms. The van der Waals surface area contributed by atoms with Crippen LogP contribution < -0.4 is 5.32 Å². The number of fused-ring (bicyclic) bond motifs is 1. The number of benzene rings is 3. The van der Waals surface area contributed by atoms with Crippen molar-refractivity contribution in [1.82, 2.24) is 10.2 Å². The summed E-state index contributed by atoms with van der Waals surface area (Å²) in [6, 6.07) is 19.7. The van der Waals surface area contributed by atoms with Gasteiger partial charge in [-0.15, -0.1) is 0 Å². The second-order valence-corrected chi connectivity index (χ2v) is 7.32. The van der Waals surface area contributed by atoms with Crippen molar-refractivity contribution in [2.75, 3.05) is 7.05 Å². The first kappa shape index (κ1) is 21.5. The fourth-order valence-electron chi connectivity index (χ4n) is 3.77. The third-order valence-corrected chi connectivity index (χ3v) is 5.39. The van der Waals surface area contributed by atoms with Crippen molar-refractivity contribution in [1.29, 1.82) is 0 Å². The molecule has 3 aromatic rings. The molecule has 1 atom stereocenters. The highest BCUT2D eigenvalue weighted by molar-refractivity contribution is 5.89. The third kappa shape index (κ3) is 5.03. The Balaban J connectivity index is 1.81. The molecule has 4 nitrogen and oxygen atoms in total. The van der Waals surface area contributed by atoms with E-state index in [0.717, 1.165) is 21.9 Å². The molecule has 0 fully saturated rings. The first-order valence-electron chi connectivity index (χ1n) is 10.3. The average Bonchev–Trinajstić information content (AvgIpc) is 2.78. The predicted molar refractivity (Wildman–Crippen MR) is 117 cm³/mol. The molecule has 0 saturated heterocycles. The van der Waals surface area contributed by atoms with Crippen LogP contribution >= 0.6 is 0 Å². The predicted octanol–water partition coefficient (Wildman–Crippen LogP) is 4.46. The lowest BCUT2D eigenvalue weighted by Crippen LogP contribution is -2.48. The number of amides is 2. The van der Waals surface area contributed by atoms with Crippen LogP contribution in [0.5, 0.6) is 0 Å². The van der Waals surface area contributed by atoms with Crippen LogP contribution in [0.3, 0.4) is 0 Å². The minimum Gasteiger partial charge on any atom is -0.357 e. The maximum Gasteiger partial charge on any atom is 0.242 e. The fraction of sp³-hybridized carbons (Fsp3) is 0.280. The van der Waals surface area contributed by atoms with Crippen molar-refractivity contribution in [2.24, 2.45) is 0 Å². The Hall–Kier alpha value is -3.21. The lowest BCUT2D eigenvalue weighted by atomic mass is 10.00. The molecule has 0 aliphatic carbocycles. The van der Waals surface area contributed by atoms with Crippen LogP contribution in [0.15, 0.2) is 66.7 Å². The molecule has 0 radical (unpaired) electrons. The van der Waals surface area contributed by atoms with Gasteiger partial charge >= 0.3 is 0 Å². The highest BCUT2D eigenvalue weighted by Gasteiger charge is 2.27. The van der Waals surface area contributed by atoms with Crippen LogP contribution in [-0.2, 0) is 22.6 Å². The summed E-state index contributed by atoms with van der Waals surface area (Å²) in [5.74, 6) is -0.619. The summed E-state index contributed by atoms with van der Waals surface area (Å²) in [7, 11) is 1.57. The summed E-state index contributed by atoms with van der Waals surface area (Å²) < 4.78 is 13.3. The van der Waals surface area contributed by atoms with Gasteiger partial charge in [0.25, 0.3) is 0 Å². The minimum absolute atomic E-state index is 0.0947. The van der Waals surface area contributed by atoms with Crippen LogP contribution in [0, 0.1) is 5.82 Å². The van der Waals surface area contributed by atoms with Gasteiger partial charge in [-0.25, -0.2) is 4.39 Å². The Morgan fingerprint density at radius 2 is 1.70 bits per heavy atom. The Kier molecular flexibility index (Phi) is 7.17. The zero-order chi connectivity index (χ0) is 21.5. The zero-order valence-electron chi connectivity index (χ0n) is 17.4. The molecule has 1 N–H and O–H groups in total. The van der Waals surface area contributed by atoms with Crippen LogP contribution in [0.25, 0.3) is 10.8 Å². The number of nitrogens with one attached hydrogen (secondary N) is 1. The monoisotopic (exact) mass is 406 g/mol. The van der Waals surface area contributed by atoms with Crippen LogP contribution in [0.2, 0.25) is 0 Å². The first-order chi connectivity index (χ1) is 14.5. The summed E-state index contributed by atoms with van der Waals surface area (Å²) in [6.07, 6.45) is 1.38. The van der Waals surface area contributed by atoms with Gasteiger partial charge in [-0.3, -0.25) is 9.59 Å². The largest absolute Gasteiger partial charge is 0.357 e. The number of carbonyl (C=O) groups excluding carboxylic acids is 2. The van der Waals surface area contributed by atoms with E-state index >= 15 is 0 Å². The van der Waals surface area contributed by atoms with Crippen molar-refractivity contribution in [2.45, 2.75) is 38.8 Å². The number of carbonyl (C=O) groups is 2. The molecule has 0 aliphatic rings. The van der Waals surface area contributed by atoms with Crippen molar-refractivity contribution >= 4 is 22.6 Å². The van der Waals surface area contributed by atoms with E-state index in [4.69, 9.17) is 0 Å². The molecule has 2 amide bonds. The Labute approximate surface area is 176 Å². The van der Waals surface area contributed by atoms with Gasteiger partial charge < -0.3 is 10.2 Å². The zero-order valence-corrected chi connectivity index (χ0v) is 17.4. The van der Waals surface area contributed by atoms with Gasteiger partial charge in [-0.2, -0.15) is 0 Å². The average molecular weight is 407 g/mol. The molecule has 30 heavy (non-hydrogen) atoms. The topological polar surface area (TPSA) is 49.4 Å². The van der Waals surface area contributed by atoms with E-state index < -0.39 is 6.04 Å². The number of rotatable bonds is 8. The molecule has 0 unspecified atom stereocenters. The van der Waals surface area contributed by atoms with E-state index in [-0.39, 0.29) is 24.2 Å². The van der Waals surface area contributed by atoms with Gasteiger partial charge in [0.05, 0.1) is 0 Å². The van der Waals surface area contributed by atoms with Gasteiger partial charge in [0.1, 0.15) is 11.9 Å². The second-order valence-electron chi connectivity index (χ2n) is 7.32. The van der Waals surface area contributed by atoms with Crippen LogP contribution in [-0.4, -0.2) is 29.8 Å². The highest BCUT2D eigenvalue weighted by atomic mass is 19.1. The Bertz CT molecular complexity index is 1010. The second kappa shape index (κ2) is 10.0. The molecule has 0 aliphatic heterocycles. The summed E-state index contributed by atoms with van der Waals surface area (Å²) in [5.41, 5.74) is 1.90. The van der Waals surface area contributed by atoms with E-state index in [1.165, 1.54) is 12.1 Å². The molecule has 3 aromatic carbocycles. The molecular formula is C25H27FN2O2. The summed E-state index contributed by atoms with van der Waals surface area (Å²) in [5, 5.41) is 4.93. The van der Waals surface area contributed by atoms with Gasteiger partial charge in [-0.1, -0.05) is 61.5 Å². The van der Waals surface area contributed by atoms with Gasteiger partial charge in [0.2, 0.25) is 11.8 Å². The molecule has 0 saturated carbocycles. The third-order valence-electron chi connectivity index (χ3n) is 5.39. The number of nitrogens with zero attached hydrogens (tertiary/aromatic N) is 1. The summed E-state index contributed by atoms with van der Waals surface area (Å²) in [6.45, 7) is 2.15. The maximum atomic E-state index is 13.3. The van der Waals surface area contributed by atoms with E-state index in [1.807, 2.05) is 31.2 Å². The first-order valence-corrected chi connectivity index (χ1v) is 10.3. The number of hydrogen-bond donors (Lipinski definition) is 1. The molecule has 0 heterocycles. The highest BCUT2D eigenvalue weighted by Crippen LogP contribution is 2.21. The molecule has 3 rings (SSSR count). The molecule has 5 heteroatoms. The fourth-order valence-corrected chi connectivity index (χ4v) is 3.77. The lowest BCUT2D eigenvalue weighted by Gasteiger charge is -2.30. The minimum atomic E-state index is -0.569. The van der Waals surface area contributed by atoms with E-state index in [0.29, 0.717) is 19.3 Å². The van der Waals surface area contributed by atoms with E-state index in [1.54, 1.807) is 24.1 Å². The van der Waals surface area contributed by atoms with Gasteiger partial charge in [-0.05, 0) is 46.9 Å². The summed E-state index contributed by atoms with van der Waals surface area (Å²) in [4.78, 5) is 27.2. The molecular weight excluding hydrogens is 379 g/mol. The molecule has 156 valence electrons. The smallest absolute Gasteiger partial charge is 0.242 e. The van der Waals surface area contributed by atoms with Gasteiger partial charge in [0, 0.05) is 20.0 Å². The lowest BCUT2D eigenvalue weighted by molar-refractivity contribution is -0.141. The van der Waals surface area contributed by atoms with Crippen molar-refractivity contribution < 1.29 is 14.0 Å². The van der Waals surface area contributed by atoms with E-state index in [9.17, 15) is 14.0 Å².